The number of hydrogen-bond acceptors (Lipinski definition) is 15. The average Bonchev–Trinajstić information content (AvgIpc) is 3.62. The van der Waals surface area contributed by atoms with Crippen LogP contribution in [0.2, 0.25) is 0 Å². The SMILES string of the molecule is C=CC(=O)OCCCCOC(=O)C1CCC(C(=O)OC2CCC(C(=O)Oc3ccc(C)c4c3S/C(=C(\C#N)C(=O)OCCOC(=O)C=C)S4)CC2)CC1. The molecule has 0 bridgehead atoms. The molecule has 0 N–H and O–H groups in total. The molecule has 13 nitrogen and oxygen atoms in total. The molecule has 0 spiro atoms. The van der Waals surface area contributed by atoms with Gasteiger partial charge in [0.25, 0.3) is 0 Å². The van der Waals surface area contributed by atoms with Crippen LogP contribution < -0.4 is 4.74 Å². The van der Waals surface area contributed by atoms with Crippen molar-refractivity contribution in [3.63, 3.8) is 0 Å². The number of benzene rings is 1. The number of esters is 6. The number of unbranched alkanes of at least 4 members (excludes halogenated alkanes) is 1. The summed E-state index contributed by atoms with van der Waals surface area (Å²) >= 11 is 2.36. The van der Waals surface area contributed by atoms with E-state index in [1.54, 1.807) is 12.1 Å². The molecule has 1 heterocycles. The van der Waals surface area contributed by atoms with E-state index in [1.165, 1.54) is 11.8 Å². The molecule has 0 amide bonds. The van der Waals surface area contributed by atoms with Crippen LogP contribution in [0, 0.1) is 36.0 Å². The van der Waals surface area contributed by atoms with Crippen LogP contribution in [0.5, 0.6) is 5.75 Å². The molecular formula is C38H43NO12S2. The maximum Gasteiger partial charge on any atom is 0.350 e. The van der Waals surface area contributed by atoms with Gasteiger partial charge in [0.15, 0.2) is 5.57 Å². The lowest BCUT2D eigenvalue weighted by Gasteiger charge is -2.30. The van der Waals surface area contributed by atoms with Gasteiger partial charge in [-0.3, -0.25) is 14.4 Å². The Labute approximate surface area is 316 Å². The Bertz CT molecular complexity index is 1650. The number of fused-ring (bicyclic) bond motifs is 1. The van der Waals surface area contributed by atoms with Crippen molar-refractivity contribution in [2.24, 2.45) is 17.8 Å². The normalized spacial score (nSPS) is 21.4. The Balaban J connectivity index is 1.19. The third-order valence-corrected chi connectivity index (χ3v) is 11.7. The Kier molecular flexibility index (Phi) is 16.0. The molecule has 4 rings (SSSR count). The fourth-order valence-corrected chi connectivity index (χ4v) is 8.63. The van der Waals surface area contributed by atoms with Crippen molar-refractivity contribution in [1.82, 2.24) is 0 Å². The third-order valence-electron chi connectivity index (χ3n) is 9.00. The molecule has 15 heteroatoms. The van der Waals surface area contributed by atoms with Gasteiger partial charge in [-0.25, -0.2) is 14.4 Å². The maximum atomic E-state index is 13.3. The van der Waals surface area contributed by atoms with E-state index in [0.29, 0.717) is 79.1 Å². The maximum absolute atomic E-state index is 13.3. The van der Waals surface area contributed by atoms with Crippen LogP contribution in [-0.2, 0) is 52.5 Å². The monoisotopic (exact) mass is 769 g/mol. The Morgan fingerprint density at radius 2 is 1.25 bits per heavy atom. The van der Waals surface area contributed by atoms with Crippen LogP contribution in [0.15, 0.2) is 57.0 Å². The number of nitrogens with zero attached hydrogens (tertiary/aromatic N) is 1. The first-order valence-corrected chi connectivity index (χ1v) is 19.2. The lowest BCUT2D eigenvalue weighted by atomic mass is 9.82. The van der Waals surface area contributed by atoms with Crippen LogP contribution in [-0.4, -0.2) is 68.3 Å². The Hall–Kier alpha value is -4.55. The minimum atomic E-state index is -0.860. The average molecular weight is 770 g/mol. The molecule has 0 saturated heterocycles. The van der Waals surface area contributed by atoms with Crippen molar-refractivity contribution in [1.29, 1.82) is 5.26 Å². The summed E-state index contributed by atoms with van der Waals surface area (Å²) < 4.78 is 32.3. The van der Waals surface area contributed by atoms with Crippen LogP contribution >= 0.6 is 23.5 Å². The Morgan fingerprint density at radius 3 is 1.87 bits per heavy atom. The zero-order valence-corrected chi connectivity index (χ0v) is 31.2. The predicted molar refractivity (Wildman–Crippen MR) is 192 cm³/mol. The highest BCUT2D eigenvalue weighted by molar-refractivity contribution is 8.24. The van der Waals surface area contributed by atoms with Crippen molar-refractivity contribution in [2.75, 3.05) is 26.4 Å². The molecule has 0 atom stereocenters. The second kappa shape index (κ2) is 20.6. The van der Waals surface area contributed by atoms with Crippen molar-refractivity contribution < 1.29 is 57.2 Å². The summed E-state index contributed by atoms with van der Waals surface area (Å²) in [6.45, 7) is 8.57. The molecule has 53 heavy (non-hydrogen) atoms. The molecular weight excluding hydrogens is 727 g/mol. The standard InChI is InChI=1S/C38H43NO12S2/c1-4-30(40)46-18-6-7-19-48-34(42)24-9-11-25(12-10-24)35(43)50-27-15-13-26(14-16-27)36(44)51-29-17-8-23(3)32-33(29)53-38(52-32)28(22-39)37(45)49-21-20-47-31(41)5-2/h4-5,8,17,24-27H,1-2,6-7,9-16,18-21H2,3H3/b38-28+. The third kappa shape index (κ3) is 12.0. The second-order valence-corrected chi connectivity index (χ2v) is 15.0. The van der Waals surface area contributed by atoms with Gasteiger partial charge in [-0.15, -0.1) is 0 Å². The zero-order chi connectivity index (χ0) is 38.3. The summed E-state index contributed by atoms with van der Waals surface area (Å²) in [4.78, 5) is 75.0. The molecule has 1 aromatic carbocycles. The predicted octanol–water partition coefficient (Wildman–Crippen LogP) is 6.07. The quantitative estimate of drug-likeness (QED) is 0.0472. The van der Waals surface area contributed by atoms with Crippen molar-refractivity contribution in [3.05, 3.63) is 52.8 Å². The van der Waals surface area contributed by atoms with Crippen LogP contribution in [0.4, 0.5) is 0 Å². The molecule has 284 valence electrons. The van der Waals surface area contributed by atoms with Gasteiger partial charge in [-0.05, 0) is 82.8 Å². The van der Waals surface area contributed by atoms with Gasteiger partial charge in [-0.2, -0.15) is 5.26 Å². The number of carbonyl (C=O) groups is 6. The molecule has 3 aliphatic rings. The first-order chi connectivity index (χ1) is 25.5. The second-order valence-electron chi connectivity index (χ2n) is 12.7. The smallest absolute Gasteiger partial charge is 0.350 e. The van der Waals surface area contributed by atoms with E-state index < -0.39 is 23.9 Å². The summed E-state index contributed by atoms with van der Waals surface area (Å²) in [5.74, 6) is -3.57. The summed E-state index contributed by atoms with van der Waals surface area (Å²) in [6.07, 6.45) is 7.10. The summed E-state index contributed by atoms with van der Waals surface area (Å²) in [6, 6.07) is 5.39. The van der Waals surface area contributed by atoms with E-state index in [0.717, 1.165) is 34.4 Å². The van der Waals surface area contributed by atoms with Gasteiger partial charge in [0.2, 0.25) is 0 Å². The molecule has 0 radical (unpaired) electrons. The minimum Gasteiger partial charge on any atom is -0.465 e. The lowest BCUT2D eigenvalue weighted by molar-refractivity contribution is -0.160. The number of carbonyl (C=O) groups excluding carboxylic acids is 6. The van der Waals surface area contributed by atoms with E-state index in [4.69, 9.17) is 28.4 Å². The molecule has 1 aliphatic heterocycles. The number of hydrogen-bond donors (Lipinski definition) is 0. The number of thioether (sulfide) groups is 2. The van der Waals surface area contributed by atoms with Gasteiger partial charge in [0, 0.05) is 17.0 Å². The van der Waals surface area contributed by atoms with Crippen molar-refractivity contribution in [3.8, 4) is 11.8 Å². The van der Waals surface area contributed by atoms with E-state index in [-0.39, 0.29) is 67.8 Å². The molecule has 2 fully saturated rings. The Morgan fingerprint density at radius 1 is 0.717 bits per heavy atom. The molecule has 2 aliphatic carbocycles. The highest BCUT2D eigenvalue weighted by Crippen LogP contribution is 2.57. The number of rotatable bonds is 16. The first kappa shape index (κ1) is 41.2. The number of ether oxygens (including phenoxy) is 6. The summed E-state index contributed by atoms with van der Waals surface area (Å²) in [7, 11) is 0. The number of aryl methyl sites for hydroxylation is 1. The molecule has 0 aromatic heterocycles. The largest absolute Gasteiger partial charge is 0.465 e. The first-order valence-electron chi connectivity index (χ1n) is 17.5. The van der Waals surface area contributed by atoms with Crippen molar-refractivity contribution in [2.45, 2.75) is 87.0 Å². The summed E-state index contributed by atoms with van der Waals surface area (Å²) in [5, 5.41) is 9.74. The van der Waals surface area contributed by atoms with Gasteiger partial charge in [0.05, 0.1) is 40.1 Å². The van der Waals surface area contributed by atoms with Crippen molar-refractivity contribution >= 4 is 59.3 Å². The molecule has 1 aromatic rings. The van der Waals surface area contributed by atoms with Gasteiger partial charge in [-0.1, -0.05) is 42.7 Å². The minimum absolute atomic E-state index is 0.183. The van der Waals surface area contributed by atoms with Gasteiger partial charge >= 0.3 is 35.8 Å². The topological polar surface area (TPSA) is 182 Å². The van der Waals surface area contributed by atoms with E-state index in [2.05, 4.69) is 13.2 Å². The van der Waals surface area contributed by atoms with Crippen LogP contribution in [0.3, 0.4) is 0 Å². The van der Waals surface area contributed by atoms with E-state index in [9.17, 15) is 34.0 Å². The zero-order valence-electron chi connectivity index (χ0n) is 29.6. The number of nitriles is 1. The fraction of sp³-hybridized carbons (Fsp3) is 0.500. The highest BCUT2D eigenvalue weighted by Gasteiger charge is 2.36. The molecule has 2 saturated carbocycles. The van der Waals surface area contributed by atoms with Crippen LogP contribution in [0.25, 0.3) is 0 Å². The summed E-state index contributed by atoms with van der Waals surface area (Å²) in [5.41, 5.74) is 0.669. The fourth-order valence-electron chi connectivity index (χ4n) is 6.00. The van der Waals surface area contributed by atoms with Crippen LogP contribution in [0.1, 0.15) is 69.8 Å². The van der Waals surface area contributed by atoms with E-state index >= 15 is 0 Å². The van der Waals surface area contributed by atoms with Gasteiger partial charge < -0.3 is 28.4 Å². The lowest BCUT2D eigenvalue weighted by Crippen LogP contribution is -2.33. The van der Waals surface area contributed by atoms with E-state index in [1.807, 2.05) is 13.0 Å². The van der Waals surface area contributed by atoms with Gasteiger partial charge in [0.1, 0.15) is 31.1 Å². The highest BCUT2D eigenvalue weighted by atomic mass is 32.2. The molecule has 0 unspecified atom stereocenters.